The van der Waals surface area contributed by atoms with E-state index in [0.717, 1.165) is 26.1 Å². The summed E-state index contributed by atoms with van der Waals surface area (Å²) in [6, 6.07) is 0.450. The van der Waals surface area contributed by atoms with E-state index in [1.165, 1.54) is 6.42 Å². The molecule has 0 amide bonds. The van der Waals surface area contributed by atoms with Crippen molar-refractivity contribution in [2.24, 2.45) is 4.99 Å². The number of halogens is 4. The molecule has 20 heavy (non-hydrogen) atoms. The number of guanidine groups is 1. The second-order valence-electron chi connectivity index (χ2n) is 4.67. The van der Waals surface area contributed by atoms with E-state index < -0.39 is 12.6 Å². The number of likely N-dealkylation sites (N-methyl/N-ethyl adjacent to an activating group) is 1. The van der Waals surface area contributed by atoms with Crippen LogP contribution in [-0.2, 0) is 0 Å². The van der Waals surface area contributed by atoms with Gasteiger partial charge in [-0.15, -0.1) is 24.0 Å². The number of likely N-dealkylation sites (tertiary alicyclic amines) is 1. The summed E-state index contributed by atoms with van der Waals surface area (Å²) >= 11 is 0. The van der Waals surface area contributed by atoms with Crippen molar-refractivity contribution < 1.29 is 13.2 Å². The van der Waals surface area contributed by atoms with Crippen LogP contribution in [0.15, 0.2) is 4.99 Å². The zero-order chi connectivity index (χ0) is 14.3. The highest BCUT2D eigenvalue weighted by Gasteiger charge is 2.26. The first-order valence-corrected chi connectivity index (χ1v) is 6.71. The highest BCUT2D eigenvalue weighted by molar-refractivity contribution is 14.0. The Hall–Kier alpha value is -0.250. The molecule has 1 heterocycles. The molecule has 0 aromatic carbocycles. The molecule has 1 unspecified atom stereocenters. The lowest BCUT2D eigenvalue weighted by molar-refractivity contribution is -0.132. The van der Waals surface area contributed by atoms with Crippen LogP contribution >= 0.6 is 24.0 Å². The first kappa shape index (κ1) is 19.8. The lowest BCUT2D eigenvalue weighted by atomic mass is 10.2. The van der Waals surface area contributed by atoms with E-state index in [1.807, 2.05) is 0 Å². The minimum Gasteiger partial charge on any atom is -0.356 e. The summed E-state index contributed by atoms with van der Waals surface area (Å²) in [5.74, 6) is 0.437. The minimum atomic E-state index is -4.13. The van der Waals surface area contributed by atoms with Gasteiger partial charge in [0.1, 0.15) is 0 Å². The molecule has 4 nitrogen and oxygen atoms in total. The summed E-state index contributed by atoms with van der Waals surface area (Å²) in [7, 11) is 1.56. The van der Waals surface area contributed by atoms with Crippen LogP contribution in [0.25, 0.3) is 0 Å². The van der Waals surface area contributed by atoms with Gasteiger partial charge in [-0.1, -0.05) is 6.92 Å². The molecule has 1 aliphatic heterocycles. The molecule has 2 N–H and O–H groups in total. The van der Waals surface area contributed by atoms with Crippen LogP contribution in [0.3, 0.4) is 0 Å². The predicted molar refractivity (Wildman–Crippen MR) is 85.7 cm³/mol. The van der Waals surface area contributed by atoms with Crippen LogP contribution in [-0.4, -0.2) is 56.3 Å². The van der Waals surface area contributed by atoms with E-state index in [2.05, 4.69) is 27.4 Å². The maximum absolute atomic E-state index is 12.0. The zero-order valence-corrected chi connectivity index (χ0v) is 14.3. The number of rotatable bonds is 5. The van der Waals surface area contributed by atoms with Gasteiger partial charge in [-0.25, -0.2) is 0 Å². The number of nitrogens with one attached hydrogen (secondary N) is 2. The monoisotopic (exact) mass is 408 g/mol. The quantitative estimate of drug-likeness (QED) is 0.417. The van der Waals surface area contributed by atoms with Gasteiger partial charge in [-0.2, -0.15) is 13.2 Å². The van der Waals surface area contributed by atoms with Crippen molar-refractivity contribution in [1.82, 2.24) is 15.5 Å². The average Bonchev–Trinajstić information content (AvgIpc) is 2.79. The Morgan fingerprint density at radius 1 is 1.35 bits per heavy atom. The molecular formula is C12H24F3IN4. The Bertz CT molecular complexity index is 297. The van der Waals surface area contributed by atoms with E-state index in [-0.39, 0.29) is 30.5 Å². The molecule has 0 spiro atoms. The minimum absolute atomic E-state index is 0. The molecule has 0 bridgehead atoms. The maximum atomic E-state index is 12.0. The fraction of sp³-hybridized carbons (Fsp3) is 0.917. The van der Waals surface area contributed by atoms with Crippen LogP contribution in [0, 0.1) is 0 Å². The molecule has 8 heteroatoms. The van der Waals surface area contributed by atoms with Crippen molar-refractivity contribution in [3.63, 3.8) is 0 Å². The van der Waals surface area contributed by atoms with Gasteiger partial charge < -0.3 is 10.6 Å². The first-order valence-electron chi connectivity index (χ1n) is 6.71. The molecule has 1 fully saturated rings. The van der Waals surface area contributed by atoms with Crippen LogP contribution < -0.4 is 10.6 Å². The Balaban J connectivity index is 0.00000361. The van der Waals surface area contributed by atoms with Gasteiger partial charge in [0.2, 0.25) is 0 Å². The average molecular weight is 408 g/mol. The largest absolute Gasteiger partial charge is 0.390 e. The lowest BCUT2D eigenvalue weighted by Gasteiger charge is -2.24. The Morgan fingerprint density at radius 2 is 2.05 bits per heavy atom. The van der Waals surface area contributed by atoms with Crippen LogP contribution in [0.4, 0.5) is 13.2 Å². The molecule has 0 saturated carbocycles. The highest BCUT2D eigenvalue weighted by Crippen LogP contribution is 2.18. The second kappa shape index (κ2) is 9.64. The van der Waals surface area contributed by atoms with E-state index in [0.29, 0.717) is 12.0 Å². The van der Waals surface area contributed by atoms with Gasteiger partial charge in [0, 0.05) is 26.2 Å². The third kappa shape index (κ3) is 7.51. The molecular weight excluding hydrogens is 384 g/mol. The van der Waals surface area contributed by atoms with Gasteiger partial charge in [-0.3, -0.25) is 9.89 Å². The summed E-state index contributed by atoms with van der Waals surface area (Å²) in [5.41, 5.74) is 0. The molecule has 0 aromatic heterocycles. The molecule has 1 rings (SSSR count). The number of hydrogen-bond donors (Lipinski definition) is 2. The molecule has 1 saturated heterocycles. The van der Waals surface area contributed by atoms with Gasteiger partial charge >= 0.3 is 6.18 Å². The number of alkyl halides is 3. The smallest absolute Gasteiger partial charge is 0.356 e. The standard InChI is InChI=1S/C12H23F3N4.HI/c1-3-19-8-4-5-10(19)9-18-11(16-2)17-7-6-12(13,14)15;/h10H,3-9H2,1-2H3,(H2,16,17,18);1H. The summed E-state index contributed by atoms with van der Waals surface area (Å²) in [6.45, 7) is 4.80. The molecule has 1 atom stereocenters. The molecule has 120 valence electrons. The van der Waals surface area contributed by atoms with Crippen LogP contribution in [0.1, 0.15) is 26.2 Å². The Kier molecular flexibility index (Phi) is 9.52. The van der Waals surface area contributed by atoms with Gasteiger partial charge in [0.15, 0.2) is 5.96 Å². The Morgan fingerprint density at radius 3 is 2.60 bits per heavy atom. The van der Waals surface area contributed by atoms with Gasteiger partial charge in [0.25, 0.3) is 0 Å². The Labute approximate surface area is 135 Å². The van der Waals surface area contributed by atoms with E-state index >= 15 is 0 Å². The zero-order valence-electron chi connectivity index (χ0n) is 12.0. The number of nitrogens with zero attached hydrogens (tertiary/aromatic N) is 2. The van der Waals surface area contributed by atoms with Crippen LogP contribution in [0.5, 0.6) is 0 Å². The normalized spacial score (nSPS) is 20.6. The van der Waals surface area contributed by atoms with Crippen molar-refractivity contribution in [1.29, 1.82) is 0 Å². The highest BCUT2D eigenvalue weighted by atomic mass is 127. The fourth-order valence-electron chi connectivity index (χ4n) is 2.30. The number of aliphatic imine (C=N–C) groups is 1. The second-order valence-corrected chi connectivity index (χ2v) is 4.67. The molecule has 0 aromatic rings. The maximum Gasteiger partial charge on any atom is 0.390 e. The van der Waals surface area contributed by atoms with Gasteiger partial charge in [0.05, 0.1) is 6.42 Å². The fourth-order valence-corrected chi connectivity index (χ4v) is 2.30. The first-order chi connectivity index (χ1) is 8.96. The molecule has 0 aliphatic carbocycles. The number of hydrogen-bond acceptors (Lipinski definition) is 2. The molecule has 0 radical (unpaired) electrons. The SMILES string of the molecule is CCN1CCCC1CNC(=NC)NCCC(F)(F)F.I. The van der Waals surface area contributed by atoms with Crippen molar-refractivity contribution >= 4 is 29.9 Å². The van der Waals surface area contributed by atoms with E-state index in [1.54, 1.807) is 7.05 Å². The van der Waals surface area contributed by atoms with E-state index in [4.69, 9.17) is 0 Å². The van der Waals surface area contributed by atoms with Crippen molar-refractivity contribution in [3.8, 4) is 0 Å². The van der Waals surface area contributed by atoms with Crippen molar-refractivity contribution in [2.45, 2.75) is 38.4 Å². The third-order valence-electron chi connectivity index (χ3n) is 3.33. The third-order valence-corrected chi connectivity index (χ3v) is 3.33. The van der Waals surface area contributed by atoms with E-state index in [9.17, 15) is 13.2 Å². The molecule has 1 aliphatic rings. The summed E-state index contributed by atoms with van der Waals surface area (Å²) < 4.78 is 36.1. The predicted octanol–water partition coefficient (Wildman–Crippen LogP) is 2.21. The summed E-state index contributed by atoms with van der Waals surface area (Å²) in [6.07, 6.45) is -2.67. The van der Waals surface area contributed by atoms with Crippen LogP contribution in [0.2, 0.25) is 0 Å². The lowest BCUT2D eigenvalue weighted by Crippen LogP contribution is -2.45. The van der Waals surface area contributed by atoms with Crippen molar-refractivity contribution in [3.05, 3.63) is 0 Å². The van der Waals surface area contributed by atoms with Gasteiger partial charge in [-0.05, 0) is 25.9 Å². The summed E-state index contributed by atoms with van der Waals surface area (Å²) in [5, 5.41) is 5.77. The topological polar surface area (TPSA) is 39.7 Å². The summed E-state index contributed by atoms with van der Waals surface area (Å²) in [4.78, 5) is 6.30. The van der Waals surface area contributed by atoms with Crippen molar-refractivity contribution in [2.75, 3.05) is 33.2 Å².